The molecule has 0 radical (unpaired) electrons. The number of para-hydroxylation sites is 1. The van der Waals surface area contributed by atoms with Gasteiger partial charge in [0.25, 0.3) is 12.4 Å². The second-order valence-corrected chi connectivity index (χ2v) is 6.37. The molecule has 0 saturated carbocycles. The Hall–Kier alpha value is -3.25. The molecule has 3 aromatic carbocycles. The van der Waals surface area contributed by atoms with Crippen molar-refractivity contribution >= 4 is 29.7 Å². The molecule has 3 rings (SSSR count). The highest BCUT2D eigenvalue weighted by molar-refractivity contribution is 6.33. The molecule has 0 saturated heterocycles. The van der Waals surface area contributed by atoms with Crippen molar-refractivity contribution in [1.29, 1.82) is 0 Å². The summed E-state index contributed by atoms with van der Waals surface area (Å²) in [5.41, 5.74) is 0.940. The molecule has 4 nitrogen and oxygen atoms in total. The number of amides is 1. The van der Waals surface area contributed by atoms with Crippen LogP contribution in [-0.2, 0) is 4.79 Å². The lowest BCUT2D eigenvalue weighted by atomic mass is 10.0. The second kappa shape index (κ2) is 8.19. The molecule has 0 aliphatic carbocycles. The van der Waals surface area contributed by atoms with Crippen LogP contribution < -0.4 is 10.1 Å². The first-order chi connectivity index (χ1) is 13.4. The van der Waals surface area contributed by atoms with E-state index >= 15 is 0 Å². The van der Waals surface area contributed by atoms with Crippen LogP contribution in [0, 0.1) is 18.6 Å². The van der Waals surface area contributed by atoms with Crippen molar-refractivity contribution in [3.8, 4) is 16.9 Å². The van der Waals surface area contributed by atoms with Crippen LogP contribution >= 0.6 is 11.6 Å². The summed E-state index contributed by atoms with van der Waals surface area (Å²) >= 11 is 6.13. The van der Waals surface area contributed by atoms with Crippen LogP contribution in [0.2, 0.25) is 5.02 Å². The summed E-state index contributed by atoms with van der Waals surface area (Å²) in [6.07, 6.45) is 0. The molecular weight excluding hydrogens is 388 g/mol. The molecule has 0 bridgehead atoms. The van der Waals surface area contributed by atoms with E-state index in [1.807, 2.05) is 6.92 Å². The minimum Gasteiger partial charge on any atom is -0.428 e. The molecule has 0 spiro atoms. The number of benzene rings is 3. The first kappa shape index (κ1) is 19.5. The quantitative estimate of drug-likeness (QED) is 0.584. The Kier molecular flexibility index (Phi) is 5.70. The van der Waals surface area contributed by atoms with Crippen molar-refractivity contribution in [1.82, 2.24) is 0 Å². The Labute approximate surface area is 164 Å². The molecule has 142 valence electrons. The van der Waals surface area contributed by atoms with Crippen molar-refractivity contribution < 1.29 is 23.1 Å². The van der Waals surface area contributed by atoms with Gasteiger partial charge in [-0.2, -0.15) is 0 Å². The Balaban J connectivity index is 1.95. The van der Waals surface area contributed by atoms with Gasteiger partial charge in [-0.05, 0) is 48.9 Å². The number of carbonyl (C=O) groups is 2. The number of rotatable bonds is 5. The molecule has 28 heavy (non-hydrogen) atoms. The molecule has 0 aromatic heterocycles. The van der Waals surface area contributed by atoms with E-state index in [2.05, 4.69) is 5.32 Å². The molecule has 0 fully saturated rings. The molecule has 7 heteroatoms. The number of ether oxygens (including phenoxy) is 1. The average Bonchev–Trinajstić information content (AvgIpc) is 2.67. The van der Waals surface area contributed by atoms with Crippen molar-refractivity contribution in [2.24, 2.45) is 0 Å². The summed E-state index contributed by atoms with van der Waals surface area (Å²) in [7, 11) is 0. The summed E-state index contributed by atoms with van der Waals surface area (Å²) in [5, 5.41) is 2.53. The topological polar surface area (TPSA) is 55.4 Å². The van der Waals surface area contributed by atoms with Crippen molar-refractivity contribution in [3.05, 3.63) is 82.4 Å². The minimum absolute atomic E-state index is 0.0287. The number of aryl methyl sites for hydroxylation is 1. The Morgan fingerprint density at radius 2 is 1.75 bits per heavy atom. The van der Waals surface area contributed by atoms with E-state index in [0.29, 0.717) is 10.6 Å². The van der Waals surface area contributed by atoms with Crippen LogP contribution in [0.25, 0.3) is 11.1 Å². The number of hydrogen-bond donors (Lipinski definition) is 1. The van der Waals surface area contributed by atoms with Gasteiger partial charge in [-0.3, -0.25) is 9.59 Å². The van der Waals surface area contributed by atoms with E-state index < -0.39 is 23.2 Å². The molecule has 1 N–H and O–H groups in total. The number of nitrogens with one attached hydrogen (secondary N) is 1. The first-order valence-electron chi connectivity index (χ1n) is 8.17. The van der Waals surface area contributed by atoms with Gasteiger partial charge in [0.05, 0.1) is 5.56 Å². The maximum atomic E-state index is 14.6. The maximum absolute atomic E-state index is 14.6. The van der Waals surface area contributed by atoms with Gasteiger partial charge >= 0.3 is 0 Å². The zero-order chi connectivity index (χ0) is 20.3. The molecule has 0 atom stereocenters. The molecule has 0 unspecified atom stereocenters. The molecule has 0 aliphatic rings. The standard InChI is InChI=1S/C21H14ClF2NO3/c1-12-6-7-16(22)15(8-12)13-9-17(23)20(18(24)10-13)25-21(27)14-4-2-3-5-19(14)28-11-26/h2-11H,1H3,(H,25,27). The molecule has 1 amide bonds. The fourth-order valence-electron chi connectivity index (χ4n) is 2.70. The predicted molar refractivity (Wildman–Crippen MR) is 103 cm³/mol. The number of carbonyl (C=O) groups excluding carboxylic acids is 2. The van der Waals surface area contributed by atoms with E-state index in [-0.39, 0.29) is 23.3 Å². The second-order valence-electron chi connectivity index (χ2n) is 5.96. The first-order valence-corrected chi connectivity index (χ1v) is 8.54. The minimum atomic E-state index is -0.963. The van der Waals surface area contributed by atoms with Gasteiger partial charge in [0, 0.05) is 10.6 Å². The normalized spacial score (nSPS) is 10.4. The third-order valence-electron chi connectivity index (χ3n) is 4.02. The smallest absolute Gasteiger partial charge is 0.298 e. The third-order valence-corrected chi connectivity index (χ3v) is 4.35. The molecular formula is C21H14ClF2NO3. The fourth-order valence-corrected chi connectivity index (χ4v) is 2.92. The van der Waals surface area contributed by atoms with Crippen LogP contribution in [0.3, 0.4) is 0 Å². The van der Waals surface area contributed by atoms with Gasteiger partial charge < -0.3 is 10.1 Å². The van der Waals surface area contributed by atoms with Gasteiger partial charge in [0.1, 0.15) is 23.1 Å². The van der Waals surface area contributed by atoms with E-state index in [4.69, 9.17) is 16.3 Å². The number of anilines is 1. The van der Waals surface area contributed by atoms with E-state index in [1.165, 1.54) is 18.2 Å². The summed E-state index contributed by atoms with van der Waals surface area (Å²) in [6.45, 7) is 1.99. The SMILES string of the molecule is Cc1ccc(Cl)c(-c2cc(F)c(NC(=O)c3ccccc3OC=O)c(F)c2)c1. The van der Waals surface area contributed by atoms with E-state index in [0.717, 1.165) is 17.7 Å². The van der Waals surface area contributed by atoms with E-state index in [1.54, 1.807) is 24.3 Å². The Morgan fingerprint density at radius 3 is 2.43 bits per heavy atom. The number of hydrogen-bond acceptors (Lipinski definition) is 3. The van der Waals surface area contributed by atoms with Gasteiger partial charge in [-0.1, -0.05) is 35.4 Å². The van der Waals surface area contributed by atoms with Crippen molar-refractivity contribution in [2.45, 2.75) is 6.92 Å². The van der Waals surface area contributed by atoms with Crippen molar-refractivity contribution in [2.75, 3.05) is 5.32 Å². The van der Waals surface area contributed by atoms with E-state index in [9.17, 15) is 18.4 Å². The Morgan fingerprint density at radius 1 is 1.07 bits per heavy atom. The van der Waals surface area contributed by atoms with Gasteiger partial charge in [-0.25, -0.2) is 8.78 Å². The average molecular weight is 402 g/mol. The lowest BCUT2D eigenvalue weighted by Gasteiger charge is -2.12. The van der Waals surface area contributed by atoms with Crippen molar-refractivity contribution in [3.63, 3.8) is 0 Å². The summed E-state index contributed by atoms with van der Waals surface area (Å²) < 4.78 is 33.9. The van der Waals surface area contributed by atoms with Gasteiger partial charge in [0.2, 0.25) is 0 Å². The molecule has 3 aromatic rings. The largest absolute Gasteiger partial charge is 0.428 e. The maximum Gasteiger partial charge on any atom is 0.298 e. The molecule has 0 aliphatic heterocycles. The predicted octanol–water partition coefficient (Wildman–Crippen LogP) is 5.38. The summed E-state index contributed by atoms with van der Waals surface area (Å²) in [5.74, 6) is -2.78. The monoisotopic (exact) mass is 401 g/mol. The fraction of sp³-hybridized carbons (Fsp3) is 0.0476. The highest BCUT2D eigenvalue weighted by atomic mass is 35.5. The van der Waals surface area contributed by atoms with Crippen LogP contribution in [0.15, 0.2) is 54.6 Å². The molecule has 0 heterocycles. The highest BCUT2D eigenvalue weighted by Gasteiger charge is 2.19. The lowest BCUT2D eigenvalue weighted by Crippen LogP contribution is -2.15. The Bertz CT molecular complexity index is 1050. The van der Waals surface area contributed by atoms with Crippen LogP contribution in [0.4, 0.5) is 14.5 Å². The summed E-state index contributed by atoms with van der Waals surface area (Å²) in [6, 6.07) is 13.2. The lowest BCUT2D eigenvalue weighted by molar-refractivity contribution is -0.120. The highest BCUT2D eigenvalue weighted by Crippen LogP contribution is 2.33. The zero-order valence-corrected chi connectivity index (χ0v) is 15.4. The van der Waals surface area contributed by atoms with Crippen LogP contribution in [0.5, 0.6) is 5.75 Å². The van der Waals surface area contributed by atoms with Gasteiger partial charge in [-0.15, -0.1) is 0 Å². The van der Waals surface area contributed by atoms with Crippen LogP contribution in [-0.4, -0.2) is 12.4 Å². The number of halogens is 3. The van der Waals surface area contributed by atoms with Gasteiger partial charge in [0.15, 0.2) is 0 Å². The van der Waals surface area contributed by atoms with Crippen LogP contribution in [0.1, 0.15) is 15.9 Å². The zero-order valence-electron chi connectivity index (χ0n) is 14.6. The summed E-state index contributed by atoms with van der Waals surface area (Å²) in [4.78, 5) is 23.0. The third kappa shape index (κ3) is 4.02.